The van der Waals surface area contributed by atoms with Crippen molar-refractivity contribution in [3.05, 3.63) is 29.8 Å². The third-order valence-corrected chi connectivity index (χ3v) is 2.99. The first kappa shape index (κ1) is 15.0. The van der Waals surface area contributed by atoms with E-state index in [1.807, 2.05) is 0 Å². The molecule has 1 rings (SSSR count). The highest BCUT2D eigenvalue weighted by atomic mass is 16.5. The number of rotatable bonds is 10. The molecule has 0 unspecified atom stereocenters. The van der Waals surface area contributed by atoms with Crippen molar-refractivity contribution in [2.24, 2.45) is 0 Å². The molecule has 0 aromatic heterocycles. The van der Waals surface area contributed by atoms with Crippen molar-refractivity contribution in [2.75, 3.05) is 32.2 Å². The van der Waals surface area contributed by atoms with Crippen LogP contribution in [-0.4, -0.2) is 32.0 Å². The lowest BCUT2D eigenvalue weighted by atomic mass is 10.1. The number of methoxy groups -OCH3 is 1. The van der Waals surface area contributed by atoms with E-state index in [2.05, 4.69) is 29.6 Å². The zero-order valence-corrected chi connectivity index (χ0v) is 11.3. The number of benzene rings is 1. The number of hydrogen-bond acceptors (Lipinski definition) is 3. The number of hydrogen-bond donors (Lipinski definition) is 2. The van der Waals surface area contributed by atoms with Crippen molar-refractivity contribution in [1.29, 1.82) is 0 Å². The predicted octanol–water partition coefficient (Wildman–Crippen LogP) is 2.84. The Morgan fingerprint density at radius 1 is 1.11 bits per heavy atom. The Kier molecular flexibility index (Phi) is 8.26. The van der Waals surface area contributed by atoms with Gasteiger partial charge in [-0.25, -0.2) is 0 Å². The van der Waals surface area contributed by atoms with Gasteiger partial charge < -0.3 is 15.2 Å². The van der Waals surface area contributed by atoms with Crippen LogP contribution < -0.4 is 5.32 Å². The average Bonchev–Trinajstić information content (AvgIpc) is 2.41. The third-order valence-electron chi connectivity index (χ3n) is 2.99. The van der Waals surface area contributed by atoms with Gasteiger partial charge in [0, 0.05) is 25.9 Å². The Balaban J connectivity index is 2.27. The summed E-state index contributed by atoms with van der Waals surface area (Å²) in [6.45, 7) is 2.07. The highest BCUT2D eigenvalue weighted by Gasteiger charge is 2.00. The van der Waals surface area contributed by atoms with Crippen molar-refractivity contribution in [3.8, 4) is 0 Å². The molecule has 0 fully saturated rings. The predicted molar refractivity (Wildman–Crippen MR) is 76.1 cm³/mol. The van der Waals surface area contributed by atoms with Crippen LogP contribution >= 0.6 is 0 Å². The van der Waals surface area contributed by atoms with E-state index in [0.29, 0.717) is 6.61 Å². The van der Waals surface area contributed by atoms with Crippen LogP contribution in [0.15, 0.2) is 24.3 Å². The van der Waals surface area contributed by atoms with Crippen molar-refractivity contribution in [3.63, 3.8) is 0 Å². The molecule has 1 aromatic carbocycles. The van der Waals surface area contributed by atoms with E-state index < -0.39 is 0 Å². The molecule has 0 aliphatic carbocycles. The highest BCUT2D eigenvalue weighted by Crippen LogP contribution is 2.15. The monoisotopic (exact) mass is 251 g/mol. The van der Waals surface area contributed by atoms with E-state index in [1.54, 1.807) is 7.11 Å². The lowest BCUT2D eigenvalue weighted by molar-refractivity contribution is 0.202. The maximum atomic E-state index is 8.69. The molecule has 3 nitrogen and oxygen atoms in total. The zero-order chi connectivity index (χ0) is 13.1. The molecule has 3 heteroatoms. The lowest BCUT2D eigenvalue weighted by Gasteiger charge is -2.11. The average molecular weight is 251 g/mol. The first-order valence-corrected chi connectivity index (χ1v) is 6.80. The number of aliphatic hydroxyl groups is 1. The molecule has 1 aromatic rings. The summed E-state index contributed by atoms with van der Waals surface area (Å²) in [6, 6.07) is 8.40. The van der Waals surface area contributed by atoms with Crippen LogP contribution in [0.4, 0.5) is 5.69 Å². The van der Waals surface area contributed by atoms with Crippen LogP contribution in [0.1, 0.15) is 31.2 Å². The summed E-state index contributed by atoms with van der Waals surface area (Å²) in [4.78, 5) is 0. The maximum Gasteiger partial charge on any atom is 0.0503 e. The summed E-state index contributed by atoms with van der Waals surface area (Å²) >= 11 is 0. The van der Waals surface area contributed by atoms with Gasteiger partial charge in [-0.15, -0.1) is 0 Å². The number of nitrogens with one attached hydrogen (secondary N) is 1. The van der Waals surface area contributed by atoms with Crippen LogP contribution in [0.2, 0.25) is 0 Å². The summed E-state index contributed by atoms with van der Waals surface area (Å²) in [5.74, 6) is 0. The molecule has 0 bridgehead atoms. The van der Waals surface area contributed by atoms with E-state index in [0.717, 1.165) is 38.8 Å². The molecule has 0 spiro atoms. The molecule has 2 N–H and O–H groups in total. The first-order valence-electron chi connectivity index (χ1n) is 6.80. The quantitative estimate of drug-likeness (QED) is 0.628. The van der Waals surface area contributed by atoms with Gasteiger partial charge in [-0.1, -0.05) is 31.0 Å². The Hall–Kier alpha value is -1.06. The van der Waals surface area contributed by atoms with Gasteiger partial charge in [0.25, 0.3) is 0 Å². The fraction of sp³-hybridized carbons (Fsp3) is 0.600. The molecule has 102 valence electrons. The summed E-state index contributed by atoms with van der Waals surface area (Å²) in [7, 11) is 1.73. The van der Waals surface area contributed by atoms with E-state index >= 15 is 0 Å². The summed E-state index contributed by atoms with van der Waals surface area (Å²) in [6.07, 6.45) is 5.31. The highest BCUT2D eigenvalue weighted by molar-refractivity contribution is 5.51. The Morgan fingerprint density at radius 3 is 2.67 bits per heavy atom. The Labute approximate surface area is 110 Å². The fourth-order valence-corrected chi connectivity index (χ4v) is 1.94. The minimum Gasteiger partial charge on any atom is -0.396 e. The Bertz CT molecular complexity index is 315. The molecule has 0 aliphatic rings. The lowest BCUT2D eigenvalue weighted by Crippen LogP contribution is -2.05. The number of para-hydroxylation sites is 1. The topological polar surface area (TPSA) is 41.5 Å². The van der Waals surface area contributed by atoms with Gasteiger partial charge in [-0.2, -0.15) is 0 Å². The van der Waals surface area contributed by atoms with E-state index in [4.69, 9.17) is 9.84 Å². The Morgan fingerprint density at radius 2 is 1.89 bits per heavy atom. The third kappa shape index (κ3) is 6.03. The van der Waals surface area contributed by atoms with Gasteiger partial charge in [-0.05, 0) is 30.9 Å². The summed E-state index contributed by atoms with van der Waals surface area (Å²) < 4.78 is 5.12. The maximum absolute atomic E-state index is 8.69. The molecule has 0 saturated carbocycles. The van der Waals surface area contributed by atoms with Crippen LogP contribution in [0.3, 0.4) is 0 Å². The van der Waals surface area contributed by atoms with Crippen LogP contribution in [0, 0.1) is 0 Å². The standard InChI is InChI=1S/C15H25NO2/c1-18-13-10-14-8-4-5-9-15(14)16-11-6-2-3-7-12-17/h4-5,8-9,16-17H,2-3,6-7,10-13H2,1H3. The number of aliphatic hydroxyl groups excluding tert-OH is 1. The second-order valence-electron chi connectivity index (χ2n) is 4.46. The van der Waals surface area contributed by atoms with Crippen LogP contribution in [0.25, 0.3) is 0 Å². The van der Waals surface area contributed by atoms with E-state index in [1.165, 1.54) is 17.7 Å². The number of ether oxygens (including phenoxy) is 1. The second kappa shape index (κ2) is 9.92. The summed E-state index contributed by atoms with van der Waals surface area (Å²) in [5, 5.41) is 12.2. The van der Waals surface area contributed by atoms with E-state index in [-0.39, 0.29) is 0 Å². The van der Waals surface area contributed by atoms with Gasteiger partial charge in [0.05, 0.1) is 6.61 Å². The molecule has 0 saturated heterocycles. The minimum absolute atomic E-state index is 0.313. The molecule has 0 amide bonds. The molecule has 0 aliphatic heterocycles. The van der Waals surface area contributed by atoms with E-state index in [9.17, 15) is 0 Å². The molecule has 0 radical (unpaired) electrons. The molecule has 0 heterocycles. The molecule has 18 heavy (non-hydrogen) atoms. The minimum atomic E-state index is 0.313. The second-order valence-corrected chi connectivity index (χ2v) is 4.46. The SMILES string of the molecule is COCCc1ccccc1NCCCCCCO. The molecular formula is C15H25NO2. The fourth-order valence-electron chi connectivity index (χ4n) is 1.94. The van der Waals surface area contributed by atoms with Gasteiger partial charge in [-0.3, -0.25) is 0 Å². The largest absolute Gasteiger partial charge is 0.396 e. The number of anilines is 1. The van der Waals surface area contributed by atoms with Gasteiger partial charge >= 0.3 is 0 Å². The molecular weight excluding hydrogens is 226 g/mol. The smallest absolute Gasteiger partial charge is 0.0503 e. The summed E-state index contributed by atoms with van der Waals surface area (Å²) in [5.41, 5.74) is 2.53. The van der Waals surface area contributed by atoms with Crippen molar-refractivity contribution in [1.82, 2.24) is 0 Å². The van der Waals surface area contributed by atoms with Crippen LogP contribution in [-0.2, 0) is 11.2 Å². The van der Waals surface area contributed by atoms with Gasteiger partial charge in [0.15, 0.2) is 0 Å². The van der Waals surface area contributed by atoms with Crippen LogP contribution in [0.5, 0.6) is 0 Å². The number of unbranched alkanes of at least 4 members (excludes halogenated alkanes) is 3. The van der Waals surface area contributed by atoms with Crippen molar-refractivity contribution >= 4 is 5.69 Å². The van der Waals surface area contributed by atoms with Crippen molar-refractivity contribution < 1.29 is 9.84 Å². The van der Waals surface area contributed by atoms with Crippen molar-refractivity contribution in [2.45, 2.75) is 32.1 Å². The first-order chi connectivity index (χ1) is 8.88. The van der Waals surface area contributed by atoms with Gasteiger partial charge in [0.1, 0.15) is 0 Å². The molecule has 0 atom stereocenters. The van der Waals surface area contributed by atoms with Gasteiger partial charge in [0.2, 0.25) is 0 Å². The zero-order valence-electron chi connectivity index (χ0n) is 11.3. The normalized spacial score (nSPS) is 10.6.